The number of nitrogens with one attached hydrogen (secondary N) is 1. The largest absolute Gasteiger partial charge is 0.298 e. The summed E-state index contributed by atoms with van der Waals surface area (Å²) in [7, 11) is 0. The molecule has 14 heavy (non-hydrogen) atoms. The third-order valence-corrected chi connectivity index (χ3v) is 4.43. The van der Waals surface area contributed by atoms with Crippen molar-refractivity contribution in [3.63, 3.8) is 0 Å². The molecule has 3 aliphatic carbocycles. The Labute approximate surface area is 86.4 Å². The van der Waals surface area contributed by atoms with Crippen molar-refractivity contribution >= 4 is 0 Å². The molecule has 3 unspecified atom stereocenters. The van der Waals surface area contributed by atoms with Gasteiger partial charge in [-0.3, -0.25) is 4.84 Å². The molecule has 3 atom stereocenters. The Morgan fingerprint density at radius 2 is 1.79 bits per heavy atom. The molecule has 1 N–H and O–H groups in total. The van der Waals surface area contributed by atoms with E-state index in [2.05, 4.69) is 5.48 Å². The lowest BCUT2D eigenvalue weighted by atomic mass is 9.96. The van der Waals surface area contributed by atoms with Gasteiger partial charge >= 0.3 is 0 Å². The van der Waals surface area contributed by atoms with E-state index in [4.69, 9.17) is 4.84 Å². The summed E-state index contributed by atoms with van der Waals surface area (Å²) in [6.07, 6.45) is 11.5. The van der Waals surface area contributed by atoms with Gasteiger partial charge in [-0.25, -0.2) is 0 Å². The zero-order chi connectivity index (χ0) is 9.38. The first-order valence-electron chi connectivity index (χ1n) is 6.33. The maximum atomic E-state index is 5.79. The van der Waals surface area contributed by atoms with Crippen molar-refractivity contribution in [2.45, 2.75) is 63.5 Å². The molecule has 0 aliphatic heterocycles. The second-order valence-corrected chi connectivity index (χ2v) is 5.42. The number of hydroxylamine groups is 1. The van der Waals surface area contributed by atoms with Crippen molar-refractivity contribution in [2.24, 2.45) is 11.8 Å². The molecule has 0 aromatic carbocycles. The van der Waals surface area contributed by atoms with Gasteiger partial charge in [-0.15, -0.1) is 0 Å². The van der Waals surface area contributed by atoms with Crippen LogP contribution in [0.2, 0.25) is 0 Å². The highest BCUT2D eigenvalue weighted by atomic mass is 16.7. The average molecular weight is 195 g/mol. The van der Waals surface area contributed by atoms with E-state index >= 15 is 0 Å². The number of fused-ring (bicyclic) bond motifs is 2. The minimum atomic E-state index is 0.522. The third kappa shape index (κ3) is 1.70. The van der Waals surface area contributed by atoms with E-state index in [1.165, 1.54) is 51.4 Å². The van der Waals surface area contributed by atoms with Gasteiger partial charge in [-0.1, -0.05) is 19.3 Å². The lowest BCUT2D eigenvalue weighted by Crippen LogP contribution is -2.36. The number of hydrogen-bond donors (Lipinski definition) is 1. The van der Waals surface area contributed by atoms with Crippen LogP contribution in [0.4, 0.5) is 0 Å². The van der Waals surface area contributed by atoms with Gasteiger partial charge in [-0.2, -0.15) is 5.48 Å². The fourth-order valence-electron chi connectivity index (χ4n) is 3.58. The van der Waals surface area contributed by atoms with E-state index in [1.54, 1.807) is 0 Å². The quantitative estimate of drug-likeness (QED) is 0.699. The average Bonchev–Trinajstić information content (AvgIpc) is 2.91. The second kappa shape index (κ2) is 3.82. The molecule has 0 saturated heterocycles. The summed E-state index contributed by atoms with van der Waals surface area (Å²) in [6, 6.07) is 0.689. The first-order chi connectivity index (χ1) is 6.92. The van der Waals surface area contributed by atoms with E-state index in [-0.39, 0.29) is 0 Å². The van der Waals surface area contributed by atoms with E-state index in [1.807, 2.05) is 0 Å². The van der Waals surface area contributed by atoms with Gasteiger partial charge in [-0.05, 0) is 43.9 Å². The van der Waals surface area contributed by atoms with E-state index in [0.29, 0.717) is 12.1 Å². The Morgan fingerprint density at radius 3 is 2.43 bits per heavy atom. The molecule has 3 aliphatic rings. The minimum absolute atomic E-state index is 0.522. The Kier molecular flexibility index (Phi) is 2.50. The molecule has 0 aromatic heterocycles. The second-order valence-electron chi connectivity index (χ2n) is 5.42. The molecule has 0 heterocycles. The van der Waals surface area contributed by atoms with E-state index < -0.39 is 0 Å². The van der Waals surface area contributed by atoms with Crippen molar-refractivity contribution in [1.29, 1.82) is 0 Å². The van der Waals surface area contributed by atoms with Crippen LogP contribution in [-0.4, -0.2) is 12.1 Å². The van der Waals surface area contributed by atoms with Crippen LogP contribution >= 0.6 is 0 Å². The fraction of sp³-hybridized carbons (Fsp3) is 1.00. The highest BCUT2D eigenvalue weighted by Gasteiger charge is 2.39. The monoisotopic (exact) mass is 195 g/mol. The third-order valence-electron chi connectivity index (χ3n) is 4.43. The molecule has 3 saturated carbocycles. The Morgan fingerprint density at radius 1 is 0.929 bits per heavy atom. The predicted molar refractivity (Wildman–Crippen MR) is 55.7 cm³/mol. The molecule has 2 nitrogen and oxygen atoms in total. The topological polar surface area (TPSA) is 21.3 Å². The molecule has 80 valence electrons. The molecule has 3 fully saturated rings. The summed E-state index contributed by atoms with van der Waals surface area (Å²) >= 11 is 0. The summed E-state index contributed by atoms with van der Waals surface area (Å²) in [5.74, 6) is 1.95. The van der Waals surface area contributed by atoms with Crippen LogP contribution in [0.1, 0.15) is 51.4 Å². The zero-order valence-electron chi connectivity index (χ0n) is 8.87. The van der Waals surface area contributed by atoms with Crippen molar-refractivity contribution < 1.29 is 4.84 Å². The van der Waals surface area contributed by atoms with Gasteiger partial charge in [0.2, 0.25) is 0 Å². The van der Waals surface area contributed by atoms with Gasteiger partial charge < -0.3 is 0 Å². The Balaban J connectivity index is 1.44. The van der Waals surface area contributed by atoms with Crippen LogP contribution in [0.5, 0.6) is 0 Å². The van der Waals surface area contributed by atoms with Crippen LogP contribution in [0.25, 0.3) is 0 Å². The van der Waals surface area contributed by atoms with Gasteiger partial charge in [0.15, 0.2) is 0 Å². The van der Waals surface area contributed by atoms with Crippen LogP contribution in [0.15, 0.2) is 0 Å². The van der Waals surface area contributed by atoms with Crippen molar-refractivity contribution in [3.05, 3.63) is 0 Å². The Bertz CT molecular complexity index is 200. The van der Waals surface area contributed by atoms with Crippen molar-refractivity contribution in [3.8, 4) is 0 Å². The maximum Gasteiger partial charge on any atom is 0.0790 e. The molecule has 0 amide bonds. The van der Waals surface area contributed by atoms with Crippen molar-refractivity contribution in [2.75, 3.05) is 0 Å². The molecule has 0 radical (unpaired) electrons. The fourth-order valence-corrected chi connectivity index (χ4v) is 3.58. The van der Waals surface area contributed by atoms with E-state index in [9.17, 15) is 0 Å². The molecular weight excluding hydrogens is 174 g/mol. The standard InChI is InChI=1S/C12H21NO/c1-2-4-11(3-1)14-13-12-8-9-5-6-10(12)7-9/h9-13H,1-8H2. The first kappa shape index (κ1) is 9.17. The zero-order valence-corrected chi connectivity index (χ0v) is 8.87. The summed E-state index contributed by atoms with van der Waals surface area (Å²) in [4.78, 5) is 5.79. The first-order valence-corrected chi connectivity index (χ1v) is 6.33. The van der Waals surface area contributed by atoms with E-state index in [0.717, 1.165) is 11.8 Å². The van der Waals surface area contributed by atoms with Crippen LogP contribution < -0.4 is 5.48 Å². The molecule has 0 spiro atoms. The Hall–Kier alpha value is -0.0800. The smallest absolute Gasteiger partial charge is 0.0790 e. The number of rotatable bonds is 3. The highest BCUT2D eigenvalue weighted by molar-refractivity contribution is 4.92. The normalized spacial score (nSPS) is 42.4. The molecule has 2 heteroatoms. The number of hydrogen-bond acceptors (Lipinski definition) is 2. The predicted octanol–water partition coefficient (Wildman–Crippen LogP) is 2.64. The van der Waals surface area contributed by atoms with Crippen LogP contribution in [0.3, 0.4) is 0 Å². The highest BCUT2D eigenvalue weighted by Crippen LogP contribution is 2.44. The summed E-state index contributed by atoms with van der Waals surface area (Å²) in [5, 5.41) is 0. The SMILES string of the molecule is C1CCC(ONC2CC3CCC2C3)C1. The molecule has 0 aromatic rings. The van der Waals surface area contributed by atoms with Crippen molar-refractivity contribution in [1.82, 2.24) is 5.48 Å². The summed E-state index contributed by atoms with van der Waals surface area (Å²) < 4.78 is 0. The van der Waals surface area contributed by atoms with Gasteiger partial charge in [0.05, 0.1) is 6.10 Å². The van der Waals surface area contributed by atoms with Crippen LogP contribution in [0, 0.1) is 11.8 Å². The van der Waals surface area contributed by atoms with Crippen LogP contribution in [-0.2, 0) is 4.84 Å². The molecule has 2 bridgehead atoms. The van der Waals surface area contributed by atoms with Gasteiger partial charge in [0.1, 0.15) is 0 Å². The summed E-state index contributed by atoms with van der Waals surface area (Å²) in [6.45, 7) is 0. The molecular formula is C12H21NO. The lowest BCUT2D eigenvalue weighted by molar-refractivity contribution is -0.0494. The van der Waals surface area contributed by atoms with Gasteiger partial charge in [0.25, 0.3) is 0 Å². The molecule has 3 rings (SSSR count). The lowest BCUT2D eigenvalue weighted by Gasteiger charge is -2.24. The maximum absolute atomic E-state index is 5.79. The minimum Gasteiger partial charge on any atom is -0.298 e. The summed E-state index contributed by atoms with van der Waals surface area (Å²) in [5.41, 5.74) is 3.35. The van der Waals surface area contributed by atoms with Gasteiger partial charge in [0, 0.05) is 6.04 Å².